The third-order valence-corrected chi connectivity index (χ3v) is 4.51. The monoisotopic (exact) mass is 270 g/mol. The number of fused-ring (bicyclic) bond motifs is 1. The van der Waals surface area contributed by atoms with Crippen molar-refractivity contribution in [3.8, 4) is 0 Å². The number of carboxylic acids is 1. The highest BCUT2D eigenvalue weighted by Crippen LogP contribution is 2.45. The van der Waals surface area contributed by atoms with Crippen LogP contribution in [-0.2, 0) is 19.1 Å². The Morgan fingerprint density at radius 2 is 2.16 bits per heavy atom. The lowest BCUT2D eigenvalue weighted by molar-refractivity contribution is -0.159. The minimum atomic E-state index is -0.893. The maximum absolute atomic E-state index is 11.5. The Hall–Kier alpha value is -1.10. The lowest BCUT2D eigenvalue weighted by Gasteiger charge is -2.40. The van der Waals surface area contributed by atoms with Crippen molar-refractivity contribution in [3.05, 3.63) is 0 Å². The molecule has 5 atom stereocenters. The van der Waals surface area contributed by atoms with Crippen LogP contribution in [-0.4, -0.2) is 36.4 Å². The van der Waals surface area contributed by atoms with Crippen molar-refractivity contribution in [3.63, 3.8) is 0 Å². The molecule has 0 radical (unpaired) electrons. The predicted octanol–water partition coefficient (Wildman–Crippen LogP) is 1.84. The molecule has 0 amide bonds. The Labute approximate surface area is 113 Å². The zero-order chi connectivity index (χ0) is 14.0. The molecule has 0 aromatic rings. The van der Waals surface area contributed by atoms with Gasteiger partial charge in [0.25, 0.3) is 0 Å². The number of esters is 1. The zero-order valence-electron chi connectivity index (χ0n) is 11.5. The van der Waals surface area contributed by atoms with Crippen LogP contribution in [0.25, 0.3) is 0 Å². The molecule has 1 N–H and O–H groups in total. The minimum Gasteiger partial charge on any atom is -0.481 e. The molecule has 2 aliphatic rings. The molecule has 5 heteroatoms. The molecule has 108 valence electrons. The van der Waals surface area contributed by atoms with Crippen molar-refractivity contribution in [2.75, 3.05) is 7.11 Å². The van der Waals surface area contributed by atoms with E-state index in [0.29, 0.717) is 0 Å². The van der Waals surface area contributed by atoms with Crippen LogP contribution >= 0.6 is 0 Å². The van der Waals surface area contributed by atoms with Gasteiger partial charge in [0.05, 0.1) is 31.7 Å². The number of hydrogen-bond donors (Lipinski definition) is 1. The Bertz CT molecular complexity index is 354. The molecule has 1 saturated carbocycles. The first-order chi connectivity index (χ1) is 9.02. The van der Waals surface area contributed by atoms with Crippen molar-refractivity contribution in [2.45, 2.75) is 51.2 Å². The van der Waals surface area contributed by atoms with E-state index in [0.717, 1.165) is 25.7 Å². The summed E-state index contributed by atoms with van der Waals surface area (Å²) in [6, 6.07) is 0. The molecule has 0 aromatic carbocycles. The fourth-order valence-corrected chi connectivity index (χ4v) is 3.67. The standard InChI is InChI=1S/C14H22O5/c1-8-6-10(9-4-3-5-12(9)19-8)11(14(16)17)7-13(15)18-2/h8-12H,3-7H2,1-2H3,(H,16,17)/t8-,9+,10?,11+,12+/m1/s1. The van der Waals surface area contributed by atoms with E-state index in [2.05, 4.69) is 4.74 Å². The molecule has 1 unspecified atom stereocenters. The molecule has 1 heterocycles. The molecular weight excluding hydrogens is 248 g/mol. The largest absolute Gasteiger partial charge is 0.481 e. The maximum Gasteiger partial charge on any atom is 0.307 e. The van der Waals surface area contributed by atoms with Crippen LogP contribution in [0.5, 0.6) is 0 Å². The second-order valence-electron chi connectivity index (χ2n) is 5.70. The number of rotatable bonds is 4. The van der Waals surface area contributed by atoms with Crippen molar-refractivity contribution in [1.82, 2.24) is 0 Å². The lowest BCUT2D eigenvalue weighted by atomic mass is 9.73. The van der Waals surface area contributed by atoms with Crippen LogP contribution in [0.15, 0.2) is 0 Å². The van der Waals surface area contributed by atoms with E-state index in [4.69, 9.17) is 4.74 Å². The summed E-state index contributed by atoms with van der Waals surface area (Å²) in [7, 11) is 1.30. The molecule has 2 rings (SSSR count). The van der Waals surface area contributed by atoms with Crippen molar-refractivity contribution < 1.29 is 24.2 Å². The number of hydrogen-bond acceptors (Lipinski definition) is 4. The Morgan fingerprint density at radius 1 is 1.42 bits per heavy atom. The number of carbonyl (C=O) groups is 2. The van der Waals surface area contributed by atoms with Crippen LogP contribution in [0.1, 0.15) is 39.0 Å². The average Bonchev–Trinajstić information content (AvgIpc) is 2.82. The zero-order valence-corrected chi connectivity index (χ0v) is 11.5. The van der Waals surface area contributed by atoms with Crippen LogP contribution < -0.4 is 0 Å². The van der Waals surface area contributed by atoms with Crippen LogP contribution in [0.2, 0.25) is 0 Å². The van der Waals surface area contributed by atoms with Gasteiger partial charge in [-0.25, -0.2) is 0 Å². The number of carboxylic acid groups (broad SMARTS) is 1. The van der Waals surface area contributed by atoms with Gasteiger partial charge in [-0.1, -0.05) is 6.42 Å². The number of aliphatic carboxylic acids is 1. The van der Waals surface area contributed by atoms with Gasteiger partial charge in [0, 0.05) is 0 Å². The SMILES string of the molecule is COC(=O)C[C@H](C(=O)O)C1C[C@@H](C)O[C@H]2CCC[C@@H]12. The van der Waals surface area contributed by atoms with Gasteiger partial charge < -0.3 is 14.6 Å². The molecule has 1 aliphatic heterocycles. The first-order valence-electron chi connectivity index (χ1n) is 6.98. The third-order valence-electron chi connectivity index (χ3n) is 4.51. The molecule has 1 aliphatic carbocycles. The highest BCUT2D eigenvalue weighted by Gasteiger charge is 2.45. The lowest BCUT2D eigenvalue weighted by Crippen LogP contribution is -2.43. The highest BCUT2D eigenvalue weighted by atomic mass is 16.5. The van der Waals surface area contributed by atoms with Gasteiger partial charge in [-0.2, -0.15) is 0 Å². The Morgan fingerprint density at radius 3 is 2.79 bits per heavy atom. The third kappa shape index (κ3) is 3.08. The predicted molar refractivity (Wildman–Crippen MR) is 67.5 cm³/mol. The van der Waals surface area contributed by atoms with Crippen LogP contribution in [0, 0.1) is 17.8 Å². The highest BCUT2D eigenvalue weighted by molar-refractivity contribution is 5.79. The van der Waals surface area contributed by atoms with Gasteiger partial charge in [-0.15, -0.1) is 0 Å². The topological polar surface area (TPSA) is 72.8 Å². The fourth-order valence-electron chi connectivity index (χ4n) is 3.67. The van der Waals surface area contributed by atoms with Gasteiger partial charge in [0.15, 0.2) is 0 Å². The summed E-state index contributed by atoms with van der Waals surface area (Å²) in [5, 5.41) is 9.43. The van der Waals surface area contributed by atoms with Crippen molar-refractivity contribution >= 4 is 11.9 Å². The molecule has 1 saturated heterocycles. The molecule has 2 fully saturated rings. The average molecular weight is 270 g/mol. The molecule has 0 spiro atoms. The van der Waals surface area contributed by atoms with E-state index in [1.54, 1.807) is 0 Å². The second kappa shape index (κ2) is 5.90. The normalized spacial score (nSPS) is 35.5. The second-order valence-corrected chi connectivity index (χ2v) is 5.70. The van der Waals surface area contributed by atoms with Gasteiger partial charge in [0.2, 0.25) is 0 Å². The maximum atomic E-state index is 11.5. The fraction of sp³-hybridized carbons (Fsp3) is 0.857. The summed E-state index contributed by atoms with van der Waals surface area (Å²) >= 11 is 0. The van der Waals surface area contributed by atoms with E-state index in [1.165, 1.54) is 7.11 Å². The Balaban J connectivity index is 2.14. The molecular formula is C14H22O5. The summed E-state index contributed by atoms with van der Waals surface area (Å²) in [5.41, 5.74) is 0. The van der Waals surface area contributed by atoms with Crippen LogP contribution in [0.4, 0.5) is 0 Å². The van der Waals surface area contributed by atoms with E-state index in [1.807, 2.05) is 6.92 Å². The molecule has 5 nitrogen and oxygen atoms in total. The van der Waals surface area contributed by atoms with E-state index in [-0.39, 0.29) is 30.5 Å². The smallest absolute Gasteiger partial charge is 0.307 e. The molecule has 0 aromatic heterocycles. The first-order valence-corrected chi connectivity index (χ1v) is 6.98. The number of methoxy groups -OCH3 is 1. The van der Waals surface area contributed by atoms with Crippen LogP contribution in [0.3, 0.4) is 0 Å². The number of carbonyl (C=O) groups excluding carboxylic acids is 1. The van der Waals surface area contributed by atoms with Gasteiger partial charge in [-0.3, -0.25) is 9.59 Å². The molecule has 0 bridgehead atoms. The summed E-state index contributed by atoms with van der Waals surface area (Å²) in [4.78, 5) is 22.9. The van der Waals surface area contributed by atoms with Gasteiger partial charge in [0.1, 0.15) is 0 Å². The summed E-state index contributed by atoms with van der Waals surface area (Å²) in [5.74, 6) is -1.68. The minimum absolute atomic E-state index is 0.0212. The number of ether oxygens (including phenoxy) is 2. The summed E-state index contributed by atoms with van der Waals surface area (Å²) in [6.45, 7) is 1.98. The van der Waals surface area contributed by atoms with Gasteiger partial charge in [-0.05, 0) is 38.0 Å². The summed E-state index contributed by atoms with van der Waals surface area (Å²) in [6.07, 6.45) is 4.03. The van der Waals surface area contributed by atoms with E-state index in [9.17, 15) is 14.7 Å². The van der Waals surface area contributed by atoms with Gasteiger partial charge >= 0.3 is 11.9 Å². The van der Waals surface area contributed by atoms with E-state index >= 15 is 0 Å². The Kier molecular flexibility index (Phi) is 4.45. The summed E-state index contributed by atoms with van der Waals surface area (Å²) < 4.78 is 10.5. The quantitative estimate of drug-likeness (QED) is 0.789. The van der Waals surface area contributed by atoms with Crippen molar-refractivity contribution in [1.29, 1.82) is 0 Å². The molecule has 19 heavy (non-hydrogen) atoms. The van der Waals surface area contributed by atoms with E-state index < -0.39 is 17.9 Å². The van der Waals surface area contributed by atoms with Crippen molar-refractivity contribution in [2.24, 2.45) is 17.8 Å². The first kappa shape index (κ1) is 14.3.